The van der Waals surface area contributed by atoms with Gasteiger partial charge in [0.25, 0.3) is 5.91 Å². The smallest absolute Gasteiger partial charge is 0.258 e. The molecule has 4 rings (SSSR count). The van der Waals surface area contributed by atoms with Crippen LogP contribution in [0.3, 0.4) is 0 Å². The standard InChI is InChI=1S/C22H20BrClN2O3/c23-16-4-1-3-15(13-16)22(8-11-28-12-9-22)26-20(27)14-29-19-7-6-18(24)17-5-2-10-25-21(17)19/h1-7,10,13H,8-9,11-12,14H2,(H,26,27). The number of hydrogen-bond donors (Lipinski definition) is 1. The number of benzene rings is 2. The maximum absolute atomic E-state index is 12.8. The Kier molecular flexibility index (Phi) is 6.04. The minimum atomic E-state index is -0.469. The highest BCUT2D eigenvalue weighted by molar-refractivity contribution is 9.10. The van der Waals surface area contributed by atoms with Gasteiger partial charge in [0.1, 0.15) is 11.3 Å². The van der Waals surface area contributed by atoms with Crippen molar-refractivity contribution >= 4 is 44.3 Å². The molecule has 7 heteroatoms. The summed E-state index contributed by atoms with van der Waals surface area (Å²) >= 11 is 9.75. The summed E-state index contributed by atoms with van der Waals surface area (Å²) in [5.41, 5.74) is 1.23. The van der Waals surface area contributed by atoms with Gasteiger partial charge in [0, 0.05) is 29.3 Å². The molecule has 0 spiro atoms. The van der Waals surface area contributed by atoms with E-state index in [2.05, 4.69) is 26.2 Å². The summed E-state index contributed by atoms with van der Waals surface area (Å²) in [6.07, 6.45) is 3.09. The van der Waals surface area contributed by atoms with Crippen LogP contribution in [0.5, 0.6) is 5.75 Å². The lowest BCUT2D eigenvalue weighted by atomic mass is 9.82. The molecule has 0 atom stereocenters. The number of amides is 1. The second kappa shape index (κ2) is 8.69. The first-order chi connectivity index (χ1) is 14.1. The van der Waals surface area contributed by atoms with Crippen LogP contribution >= 0.6 is 27.5 Å². The number of aromatic nitrogens is 1. The lowest BCUT2D eigenvalue weighted by Crippen LogP contribution is -2.50. The molecule has 1 aromatic heterocycles. The molecule has 5 nitrogen and oxygen atoms in total. The van der Waals surface area contributed by atoms with Gasteiger partial charge in [-0.2, -0.15) is 0 Å². The highest BCUT2D eigenvalue weighted by Crippen LogP contribution is 2.34. The summed E-state index contributed by atoms with van der Waals surface area (Å²) in [7, 11) is 0. The van der Waals surface area contributed by atoms with Crippen LogP contribution in [0.2, 0.25) is 5.02 Å². The van der Waals surface area contributed by atoms with Gasteiger partial charge in [0.05, 0.1) is 10.6 Å². The van der Waals surface area contributed by atoms with Gasteiger partial charge in [-0.25, -0.2) is 0 Å². The number of rotatable bonds is 5. The van der Waals surface area contributed by atoms with Gasteiger partial charge < -0.3 is 14.8 Å². The van der Waals surface area contributed by atoms with Crippen LogP contribution in [0.25, 0.3) is 10.9 Å². The Balaban J connectivity index is 1.52. The third-order valence-corrected chi connectivity index (χ3v) is 5.96. The number of fused-ring (bicyclic) bond motifs is 1. The van der Waals surface area contributed by atoms with Crippen LogP contribution in [0.1, 0.15) is 18.4 Å². The lowest BCUT2D eigenvalue weighted by molar-refractivity contribution is -0.126. The topological polar surface area (TPSA) is 60.5 Å². The highest BCUT2D eigenvalue weighted by Gasteiger charge is 2.36. The summed E-state index contributed by atoms with van der Waals surface area (Å²) in [5, 5.41) is 4.59. The van der Waals surface area contributed by atoms with Crippen molar-refractivity contribution in [3.63, 3.8) is 0 Å². The first kappa shape index (κ1) is 20.1. The van der Waals surface area contributed by atoms with Crippen molar-refractivity contribution in [3.8, 4) is 5.75 Å². The van der Waals surface area contributed by atoms with Gasteiger partial charge in [-0.3, -0.25) is 9.78 Å². The molecule has 150 valence electrons. The van der Waals surface area contributed by atoms with E-state index in [1.165, 1.54) is 0 Å². The van der Waals surface area contributed by atoms with E-state index in [4.69, 9.17) is 21.1 Å². The minimum Gasteiger partial charge on any atom is -0.481 e. The van der Waals surface area contributed by atoms with Crippen molar-refractivity contribution in [3.05, 3.63) is 69.8 Å². The number of hydrogen-bond acceptors (Lipinski definition) is 4. The molecule has 0 aliphatic carbocycles. The second-order valence-electron chi connectivity index (χ2n) is 6.99. The first-order valence-electron chi connectivity index (χ1n) is 9.38. The molecule has 3 aromatic rings. The van der Waals surface area contributed by atoms with Gasteiger partial charge in [0.15, 0.2) is 6.61 Å². The molecule has 1 aliphatic rings. The largest absolute Gasteiger partial charge is 0.481 e. The average Bonchev–Trinajstić information content (AvgIpc) is 2.74. The van der Waals surface area contributed by atoms with Crippen LogP contribution in [-0.2, 0) is 15.1 Å². The van der Waals surface area contributed by atoms with E-state index >= 15 is 0 Å². The minimum absolute atomic E-state index is 0.107. The fraction of sp³-hybridized carbons (Fsp3) is 0.273. The van der Waals surface area contributed by atoms with E-state index in [0.717, 1.165) is 15.4 Å². The predicted molar refractivity (Wildman–Crippen MR) is 116 cm³/mol. The Morgan fingerprint density at radius 1 is 1.21 bits per heavy atom. The zero-order valence-electron chi connectivity index (χ0n) is 15.7. The quantitative estimate of drug-likeness (QED) is 0.573. The molecule has 0 unspecified atom stereocenters. The van der Waals surface area contributed by atoms with Crippen LogP contribution in [0, 0.1) is 0 Å². The molecule has 1 amide bonds. The molecule has 0 radical (unpaired) electrons. The van der Waals surface area contributed by atoms with Crippen LogP contribution in [0.15, 0.2) is 59.2 Å². The number of carbonyl (C=O) groups excluding carboxylic acids is 1. The number of carbonyl (C=O) groups is 1. The van der Waals surface area contributed by atoms with E-state index in [1.54, 1.807) is 18.3 Å². The van der Waals surface area contributed by atoms with Gasteiger partial charge in [0.2, 0.25) is 0 Å². The van der Waals surface area contributed by atoms with E-state index < -0.39 is 5.54 Å². The van der Waals surface area contributed by atoms with E-state index in [-0.39, 0.29) is 12.5 Å². The molecule has 1 aliphatic heterocycles. The molecule has 0 saturated carbocycles. The zero-order valence-corrected chi connectivity index (χ0v) is 18.0. The van der Waals surface area contributed by atoms with Crippen molar-refractivity contribution in [2.24, 2.45) is 0 Å². The summed E-state index contributed by atoms with van der Waals surface area (Å²) in [4.78, 5) is 17.2. The molecule has 1 saturated heterocycles. The lowest BCUT2D eigenvalue weighted by Gasteiger charge is -2.38. The molecule has 1 N–H and O–H groups in total. The summed E-state index contributed by atoms with van der Waals surface area (Å²) in [5.74, 6) is 0.342. The van der Waals surface area contributed by atoms with Crippen molar-refractivity contribution < 1.29 is 14.3 Å². The molecule has 2 heterocycles. The van der Waals surface area contributed by atoms with Gasteiger partial charge >= 0.3 is 0 Å². The Morgan fingerprint density at radius 2 is 2.03 bits per heavy atom. The van der Waals surface area contributed by atoms with E-state index in [0.29, 0.717) is 42.3 Å². The monoisotopic (exact) mass is 474 g/mol. The van der Waals surface area contributed by atoms with Gasteiger partial charge in [-0.05, 0) is 54.8 Å². The molecule has 2 aromatic carbocycles. The summed E-state index contributed by atoms with van der Waals surface area (Å²) in [6.45, 7) is 1.09. The number of nitrogens with zero attached hydrogens (tertiary/aromatic N) is 1. The maximum Gasteiger partial charge on any atom is 0.258 e. The van der Waals surface area contributed by atoms with Gasteiger partial charge in [-0.15, -0.1) is 0 Å². The van der Waals surface area contributed by atoms with Gasteiger partial charge in [-0.1, -0.05) is 39.7 Å². The number of ether oxygens (including phenoxy) is 2. The zero-order chi connectivity index (χ0) is 20.3. The van der Waals surface area contributed by atoms with Crippen molar-refractivity contribution in [1.29, 1.82) is 0 Å². The van der Waals surface area contributed by atoms with Crippen molar-refractivity contribution in [2.45, 2.75) is 18.4 Å². The fourth-order valence-electron chi connectivity index (χ4n) is 3.67. The normalized spacial score (nSPS) is 15.8. The van der Waals surface area contributed by atoms with Crippen LogP contribution < -0.4 is 10.1 Å². The molecule has 0 bridgehead atoms. The second-order valence-corrected chi connectivity index (χ2v) is 8.31. The fourth-order valence-corrected chi connectivity index (χ4v) is 4.28. The molecular weight excluding hydrogens is 456 g/mol. The van der Waals surface area contributed by atoms with Crippen LogP contribution in [0.4, 0.5) is 0 Å². The number of nitrogens with one attached hydrogen (secondary N) is 1. The Morgan fingerprint density at radius 3 is 2.83 bits per heavy atom. The number of halogens is 2. The third-order valence-electron chi connectivity index (χ3n) is 5.14. The summed E-state index contributed by atoms with van der Waals surface area (Å²) in [6, 6.07) is 15.2. The highest BCUT2D eigenvalue weighted by atomic mass is 79.9. The van der Waals surface area contributed by atoms with Crippen molar-refractivity contribution in [1.82, 2.24) is 10.3 Å². The van der Waals surface area contributed by atoms with E-state index in [1.807, 2.05) is 36.4 Å². The summed E-state index contributed by atoms with van der Waals surface area (Å²) < 4.78 is 12.3. The molecular formula is C22H20BrClN2O3. The Bertz CT molecular complexity index is 1040. The third kappa shape index (κ3) is 4.39. The Labute approximate surface area is 182 Å². The average molecular weight is 476 g/mol. The maximum atomic E-state index is 12.8. The predicted octanol–water partition coefficient (Wildman–Crippen LogP) is 4.85. The number of pyridine rings is 1. The Hall–Kier alpha value is -2.15. The molecule has 1 fully saturated rings. The van der Waals surface area contributed by atoms with Crippen molar-refractivity contribution in [2.75, 3.05) is 19.8 Å². The first-order valence-corrected chi connectivity index (χ1v) is 10.6. The molecule has 29 heavy (non-hydrogen) atoms. The van der Waals surface area contributed by atoms with E-state index in [9.17, 15) is 4.79 Å². The van der Waals surface area contributed by atoms with Crippen LogP contribution in [-0.4, -0.2) is 30.7 Å². The SMILES string of the molecule is O=C(COc1ccc(Cl)c2cccnc12)NC1(c2cccc(Br)c2)CCOCC1.